The van der Waals surface area contributed by atoms with Crippen molar-refractivity contribution in [1.29, 1.82) is 0 Å². The van der Waals surface area contributed by atoms with Gasteiger partial charge in [0, 0.05) is 42.5 Å². The Morgan fingerprint density at radius 3 is 2.55 bits per heavy atom. The minimum atomic E-state index is -3.00. The standard InChI is InChI=1S/C15H18F3N3O/c1-9(11-7-19-21(3)8-11)20-10(2)13-5-4-12(16)6-14(13)22-15(17)18/h4-10,15,20H,1-3H3/t9-,10+/m0/s1. The molecule has 0 aliphatic carbocycles. The maximum Gasteiger partial charge on any atom is 0.387 e. The van der Waals surface area contributed by atoms with E-state index in [1.807, 2.05) is 20.2 Å². The Balaban J connectivity index is 2.16. The molecule has 4 nitrogen and oxygen atoms in total. The first-order valence-corrected chi connectivity index (χ1v) is 6.85. The van der Waals surface area contributed by atoms with Crippen LogP contribution in [-0.2, 0) is 7.05 Å². The molecule has 0 aliphatic rings. The zero-order chi connectivity index (χ0) is 16.3. The van der Waals surface area contributed by atoms with Crippen LogP contribution in [0.2, 0.25) is 0 Å². The van der Waals surface area contributed by atoms with Crippen molar-refractivity contribution in [3.05, 3.63) is 47.5 Å². The van der Waals surface area contributed by atoms with E-state index in [0.717, 1.165) is 11.6 Å². The third-order valence-corrected chi connectivity index (χ3v) is 3.38. The third-order valence-electron chi connectivity index (χ3n) is 3.38. The van der Waals surface area contributed by atoms with E-state index in [9.17, 15) is 13.2 Å². The molecule has 0 spiro atoms. The molecule has 0 saturated carbocycles. The molecule has 2 aromatic rings. The average molecular weight is 313 g/mol. The van der Waals surface area contributed by atoms with Gasteiger partial charge in [0.15, 0.2) is 0 Å². The highest BCUT2D eigenvalue weighted by Crippen LogP contribution is 2.29. The van der Waals surface area contributed by atoms with Gasteiger partial charge >= 0.3 is 6.61 Å². The fraction of sp³-hybridized carbons (Fsp3) is 0.400. The Bertz CT molecular complexity index is 630. The van der Waals surface area contributed by atoms with Crippen molar-refractivity contribution >= 4 is 0 Å². The largest absolute Gasteiger partial charge is 0.434 e. The molecule has 1 heterocycles. The molecule has 1 aromatic carbocycles. The van der Waals surface area contributed by atoms with Crippen molar-refractivity contribution in [3.63, 3.8) is 0 Å². The molecule has 1 aromatic heterocycles. The monoisotopic (exact) mass is 313 g/mol. The maximum absolute atomic E-state index is 13.2. The van der Waals surface area contributed by atoms with Gasteiger partial charge in [-0.3, -0.25) is 4.68 Å². The number of aryl methyl sites for hydroxylation is 1. The van der Waals surface area contributed by atoms with Crippen LogP contribution in [0, 0.1) is 5.82 Å². The van der Waals surface area contributed by atoms with Gasteiger partial charge < -0.3 is 10.1 Å². The fourth-order valence-corrected chi connectivity index (χ4v) is 2.29. The molecule has 2 atom stereocenters. The topological polar surface area (TPSA) is 39.1 Å². The minimum Gasteiger partial charge on any atom is -0.434 e. The molecule has 0 amide bonds. The van der Waals surface area contributed by atoms with E-state index in [-0.39, 0.29) is 17.8 Å². The summed E-state index contributed by atoms with van der Waals surface area (Å²) in [6.45, 7) is 0.742. The SMILES string of the molecule is C[C@H](N[C@H](C)c1ccc(F)cc1OC(F)F)c1cnn(C)c1. The zero-order valence-corrected chi connectivity index (χ0v) is 12.6. The number of hydrogen-bond donors (Lipinski definition) is 1. The molecule has 0 radical (unpaired) electrons. The van der Waals surface area contributed by atoms with E-state index in [1.54, 1.807) is 17.8 Å². The molecule has 7 heteroatoms. The van der Waals surface area contributed by atoms with E-state index in [2.05, 4.69) is 15.2 Å². The second-order valence-corrected chi connectivity index (χ2v) is 5.12. The van der Waals surface area contributed by atoms with E-state index < -0.39 is 12.4 Å². The molecular formula is C15H18F3N3O. The van der Waals surface area contributed by atoms with Crippen LogP contribution in [0.5, 0.6) is 5.75 Å². The summed E-state index contributed by atoms with van der Waals surface area (Å²) in [6, 6.07) is 3.29. The van der Waals surface area contributed by atoms with Gasteiger partial charge in [0.25, 0.3) is 0 Å². The molecule has 0 saturated heterocycles. The van der Waals surface area contributed by atoms with Gasteiger partial charge in [-0.1, -0.05) is 6.07 Å². The van der Waals surface area contributed by atoms with Crippen LogP contribution in [0.25, 0.3) is 0 Å². The number of alkyl halides is 2. The first-order chi connectivity index (χ1) is 10.4. The first kappa shape index (κ1) is 16.4. The van der Waals surface area contributed by atoms with Gasteiger partial charge in [-0.15, -0.1) is 0 Å². The number of nitrogens with one attached hydrogen (secondary N) is 1. The molecule has 2 rings (SSSR count). The van der Waals surface area contributed by atoms with Crippen LogP contribution in [0.15, 0.2) is 30.6 Å². The number of rotatable bonds is 6. The summed E-state index contributed by atoms with van der Waals surface area (Å²) in [5, 5.41) is 7.35. The summed E-state index contributed by atoms with van der Waals surface area (Å²) < 4.78 is 44.2. The highest BCUT2D eigenvalue weighted by Gasteiger charge is 2.18. The molecule has 0 aliphatic heterocycles. The lowest BCUT2D eigenvalue weighted by Crippen LogP contribution is -2.23. The maximum atomic E-state index is 13.2. The zero-order valence-electron chi connectivity index (χ0n) is 12.6. The number of halogens is 3. The quantitative estimate of drug-likeness (QED) is 0.886. The van der Waals surface area contributed by atoms with Gasteiger partial charge in [-0.2, -0.15) is 13.9 Å². The Morgan fingerprint density at radius 1 is 1.23 bits per heavy atom. The van der Waals surface area contributed by atoms with Crippen LogP contribution < -0.4 is 10.1 Å². The van der Waals surface area contributed by atoms with Crippen molar-refractivity contribution in [3.8, 4) is 5.75 Å². The smallest absolute Gasteiger partial charge is 0.387 e. The molecule has 1 N–H and O–H groups in total. The lowest BCUT2D eigenvalue weighted by Gasteiger charge is -2.21. The van der Waals surface area contributed by atoms with E-state index in [1.165, 1.54) is 12.1 Å². The van der Waals surface area contributed by atoms with Crippen molar-refractivity contribution in [2.24, 2.45) is 7.05 Å². The molecular weight excluding hydrogens is 295 g/mol. The summed E-state index contributed by atoms with van der Waals surface area (Å²) >= 11 is 0. The minimum absolute atomic E-state index is 0.0480. The van der Waals surface area contributed by atoms with E-state index >= 15 is 0 Å². The van der Waals surface area contributed by atoms with E-state index in [0.29, 0.717) is 5.56 Å². The Kier molecular flexibility index (Phi) is 5.07. The third kappa shape index (κ3) is 4.00. The van der Waals surface area contributed by atoms with Crippen LogP contribution in [0.3, 0.4) is 0 Å². The second-order valence-electron chi connectivity index (χ2n) is 5.12. The van der Waals surface area contributed by atoms with Crippen LogP contribution in [0.1, 0.15) is 37.1 Å². The first-order valence-electron chi connectivity index (χ1n) is 6.85. The van der Waals surface area contributed by atoms with Crippen molar-refractivity contribution in [1.82, 2.24) is 15.1 Å². The van der Waals surface area contributed by atoms with E-state index in [4.69, 9.17) is 0 Å². The highest BCUT2D eigenvalue weighted by molar-refractivity contribution is 5.36. The summed E-state index contributed by atoms with van der Waals surface area (Å²) in [7, 11) is 1.81. The summed E-state index contributed by atoms with van der Waals surface area (Å²) in [5.41, 5.74) is 1.44. The fourth-order valence-electron chi connectivity index (χ4n) is 2.29. The Labute approximate surface area is 126 Å². The Hall–Kier alpha value is -2.02. The normalized spacial score (nSPS) is 14.1. The number of hydrogen-bond acceptors (Lipinski definition) is 3. The Morgan fingerprint density at radius 2 is 1.95 bits per heavy atom. The highest BCUT2D eigenvalue weighted by atomic mass is 19.3. The van der Waals surface area contributed by atoms with Gasteiger partial charge in [0.05, 0.1) is 6.20 Å². The molecule has 0 fully saturated rings. The predicted molar refractivity (Wildman–Crippen MR) is 76.2 cm³/mol. The molecule has 120 valence electrons. The number of benzene rings is 1. The van der Waals surface area contributed by atoms with Crippen LogP contribution in [-0.4, -0.2) is 16.4 Å². The molecule has 0 bridgehead atoms. The molecule has 22 heavy (non-hydrogen) atoms. The lowest BCUT2D eigenvalue weighted by atomic mass is 10.0. The lowest BCUT2D eigenvalue weighted by molar-refractivity contribution is -0.0508. The van der Waals surface area contributed by atoms with Gasteiger partial charge in [-0.05, 0) is 19.9 Å². The number of aromatic nitrogens is 2. The second kappa shape index (κ2) is 6.83. The predicted octanol–water partition coefficient (Wildman–Crippen LogP) is 3.57. The van der Waals surface area contributed by atoms with Crippen LogP contribution in [0.4, 0.5) is 13.2 Å². The van der Waals surface area contributed by atoms with Gasteiger partial charge in [-0.25, -0.2) is 4.39 Å². The van der Waals surface area contributed by atoms with Crippen molar-refractivity contribution in [2.45, 2.75) is 32.5 Å². The summed E-state index contributed by atoms with van der Waals surface area (Å²) in [4.78, 5) is 0. The van der Waals surface area contributed by atoms with Gasteiger partial charge in [0.2, 0.25) is 0 Å². The van der Waals surface area contributed by atoms with Crippen molar-refractivity contribution < 1.29 is 17.9 Å². The summed E-state index contributed by atoms with van der Waals surface area (Å²) in [5.74, 6) is -0.778. The van der Waals surface area contributed by atoms with Gasteiger partial charge in [0.1, 0.15) is 11.6 Å². The molecule has 0 unspecified atom stereocenters. The number of ether oxygens (including phenoxy) is 1. The number of nitrogens with zero attached hydrogens (tertiary/aromatic N) is 2. The van der Waals surface area contributed by atoms with Crippen molar-refractivity contribution in [2.75, 3.05) is 0 Å². The average Bonchev–Trinajstić information content (AvgIpc) is 2.84. The summed E-state index contributed by atoms with van der Waals surface area (Å²) in [6.07, 6.45) is 3.59. The van der Waals surface area contributed by atoms with Crippen LogP contribution >= 0.6 is 0 Å².